The van der Waals surface area contributed by atoms with E-state index in [1.54, 1.807) is 0 Å². The van der Waals surface area contributed by atoms with Gasteiger partial charge in [-0.1, -0.05) is 38.3 Å². The number of nitrogens with zero attached hydrogens (tertiary/aromatic N) is 2. The van der Waals surface area contributed by atoms with Crippen LogP contribution in [0.25, 0.3) is 0 Å². The van der Waals surface area contributed by atoms with Gasteiger partial charge in [0.1, 0.15) is 6.61 Å². The molecule has 26 heavy (non-hydrogen) atoms. The van der Waals surface area contributed by atoms with Crippen molar-refractivity contribution in [3.63, 3.8) is 0 Å². The van der Waals surface area contributed by atoms with Crippen molar-refractivity contribution in [2.24, 2.45) is 0 Å². The molecule has 1 aliphatic heterocycles. The zero-order valence-electron chi connectivity index (χ0n) is 16.1. The first kappa shape index (κ1) is 19.3. The summed E-state index contributed by atoms with van der Waals surface area (Å²) in [6.45, 7) is 9.09. The monoisotopic (exact) mass is 359 g/mol. The lowest BCUT2D eigenvalue weighted by Gasteiger charge is -2.34. The van der Waals surface area contributed by atoms with E-state index < -0.39 is 0 Å². The number of benzene rings is 1. The van der Waals surface area contributed by atoms with Crippen molar-refractivity contribution in [1.29, 1.82) is 0 Å². The summed E-state index contributed by atoms with van der Waals surface area (Å²) >= 11 is 0. The average molecular weight is 360 g/mol. The molecule has 1 aromatic carbocycles. The van der Waals surface area contributed by atoms with Gasteiger partial charge in [0.25, 0.3) is 0 Å². The first-order valence-corrected chi connectivity index (χ1v) is 10.2. The molecule has 3 rings (SSSR count). The number of carbonyl (C=O) groups excluding carboxylic acids is 1. The minimum absolute atomic E-state index is 0.0565. The maximum absolute atomic E-state index is 12.1. The van der Waals surface area contributed by atoms with Gasteiger partial charge in [-0.25, -0.2) is 0 Å². The maximum Gasteiger partial charge on any atom is 0.250 e. The molecule has 5 heteroatoms. The van der Waals surface area contributed by atoms with Crippen LogP contribution in [-0.4, -0.2) is 61.1 Å². The first-order valence-electron chi connectivity index (χ1n) is 10.2. The van der Waals surface area contributed by atoms with E-state index in [4.69, 9.17) is 4.74 Å². The van der Waals surface area contributed by atoms with Crippen LogP contribution in [0.15, 0.2) is 24.3 Å². The lowest BCUT2D eigenvalue weighted by Crippen LogP contribution is -2.45. The Bertz CT molecular complexity index is 547. The molecule has 1 saturated heterocycles. The quantitative estimate of drug-likeness (QED) is 0.812. The summed E-state index contributed by atoms with van der Waals surface area (Å²) in [5, 5.41) is 2.94. The van der Waals surface area contributed by atoms with Crippen molar-refractivity contribution in [3.05, 3.63) is 29.8 Å². The lowest BCUT2D eigenvalue weighted by atomic mass is 9.98. The van der Waals surface area contributed by atoms with Crippen LogP contribution >= 0.6 is 0 Å². The first-order chi connectivity index (χ1) is 12.7. The molecule has 1 heterocycles. The maximum atomic E-state index is 12.1. The second-order valence-corrected chi connectivity index (χ2v) is 7.53. The van der Waals surface area contributed by atoms with Crippen LogP contribution in [0.4, 0.5) is 5.69 Å². The number of anilines is 1. The number of nitrogens with one attached hydrogen (secondary N) is 1. The fourth-order valence-electron chi connectivity index (χ4n) is 3.84. The number of ether oxygens (including phenoxy) is 1. The molecule has 2 aliphatic rings. The average Bonchev–Trinajstić information content (AvgIpc) is 2.69. The summed E-state index contributed by atoms with van der Waals surface area (Å²) in [7, 11) is 0. The molecule has 1 aliphatic carbocycles. The number of piperazine rings is 1. The van der Waals surface area contributed by atoms with Crippen LogP contribution in [-0.2, 0) is 16.1 Å². The molecule has 0 radical (unpaired) electrons. The second kappa shape index (κ2) is 10.0. The van der Waals surface area contributed by atoms with Crippen LogP contribution in [0.1, 0.15) is 44.6 Å². The van der Waals surface area contributed by atoms with Gasteiger partial charge in [-0.2, -0.15) is 0 Å². The summed E-state index contributed by atoms with van der Waals surface area (Å²) in [4.78, 5) is 17.1. The third-order valence-electron chi connectivity index (χ3n) is 5.56. The molecule has 0 atom stereocenters. The van der Waals surface area contributed by atoms with Gasteiger partial charge in [-0.15, -0.1) is 0 Å². The molecule has 1 N–H and O–H groups in total. The minimum atomic E-state index is -0.0565. The van der Waals surface area contributed by atoms with Gasteiger partial charge < -0.3 is 15.0 Å². The van der Waals surface area contributed by atoms with Gasteiger partial charge in [0.15, 0.2) is 0 Å². The van der Waals surface area contributed by atoms with E-state index in [0.29, 0.717) is 0 Å². The number of carbonyl (C=O) groups is 1. The van der Waals surface area contributed by atoms with Crippen molar-refractivity contribution in [2.45, 2.75) is 51.7 Å². The van der Waals surface area contributed by atoms with Gasteiger partial charge in [0, 0.05) is 38.4 Å². The van der Waals surface area contributed by atoms with Crippen molar-refractivity contribution >= 4 is 11.6 Å². The van der Waals surface area contributed by atoms with E-state index in [1.807, 2.05) is 12.1 Å². The van der Waals surface area contributed by atoms with E-state index in [-0.39, 0.29) is 18.6 Å². The van der Waals surface area contributed by atoms with Crippen molar-refractivity contribution in [2.75, 3.05) is 44.6 Å². The largest absolute Gasteiger partial charge is 0.368 e. The Balaban J connectivity index is 1.39. The zero-order chi connectivity index (χ0) is 18.2. The zero-order valence-corrected chi connectivity index (χ0v) is 16.1. The summed E-state index contributed by atoms with van der Waals surface area (Å²) in [5.74, 6) is -0.0565. The Hall–Kier alpha value is -1.43. The molecule has 1 aromatic rings. The fraction of sp³-hybridized carbons (Fsp3) is 0.667. The fourth-order valence-corrected chi connectivity index (χ4v) is 3.84. The molecule has 2 fully saturated rings. The lowest BCUT2D eigenvalue weighted by molar-refractivity contribution is -0.123. The second-order valence-electron chi connectivity index (χ2n) is 7.53. The normalized spacial score (nSPS) is 20.2. The highest BCUT2D eigenvalue weighted by Gasteiger charge is 2.16. The number of hydrogen-bond acceptors (Lipinski definition) is 4. The topological polar surface area (TPSA) is 44.8 Å². The Morgan fingerprint density at radius 2 is 1.69 bits per heavy atom. The van der Waals surface area contributed by atoms with Crippen molar-refractivity contribution in [3.8, 4) is 0 Å². The van der Waals surface area contributed by atoms with E-state index in [2.05, 4.69) is 34.2 Å². The van der Waals surface area contributed by atoms with E-state index >= 15 is 0 Å². The highest BCUT2D eigenvalue weighted by molar-refractivity contribution is 5.91. The molecular weight excluding hydrogens is 326 g/mol. The van der Waals surface area contributed by atoms with Crippen LogP contribution < -0.4 is 5.32 Å². The van der Waals surface area contributed by atoms with Gasteiger partial charge in [-0.3, -0.25) is 9.69 Å². The number of amides is 1. The van der Waals surface area contributed by atoms with Gasteiger partial charge >= 0.3 is 0 Å². The van der Waals surface area contributed by atoms with Crippen LogP contribution in [0, 0.1) is 0 Å². The number of hydrogen-bond donors (Lipinski definition) is 1. The Morgan fingerprint density at radius 3 is 2.35 bits per heavy atom. The summed E-state index contributed by atoms with van der Waals surface area (Å²) in [5.41, 5.74) is 2.15. The summed E-state index contributed by atoms with van der Waals surface area (Å²) in [6.07, 6.45) is 6.20. The molecule has 1 amide bonds. The SMILES string of the molecule is CCN1CCN(Cc2ccc(NC(=O)COC3CCCCC3)cc2)CC1. The minimum Gasteiger partial charge on any atom is -0.368 e. The summed E-state index contributed by atoms with van der Waals surface area (Å²) < 4.78 is 5.74. The van der Waals surface area contributed by atoms with Crippen LogP contribution in [0.3, 0.4) is 0 Å². The molecular formula is C21H33N3O2. The predicted octanol–water partition coefficient (Wildman–Crippen LogP) is 3.11. The Morgan fingerprint density at radius 1 is 1.04 bits per heavy atom. The third kappa shape index (κ3) is 6.08. The Kier molecular flexibility index (Phi) is 7.47. The summed E-state index contributed by atoms with van der Waals surface area (Å²) in [6, 6.07) is 8.22. The van der Waals surface area contributed by atoms with Gasteiger partial charge in [-0.05, 0) is 37.1 Å². The van der Waals surface area contributed by atoms with Gasteiger partial charge in [0.05, 0.1) is 6.10 Å². The molecule has 5 nitrogen and oxygen atoms in total. The standard InChI is InChI=1S/C21H33N3O2/c1-2-23-12-14-24(15-13-23)16-18-8-10-19(11-9-18)22-21(25)17-26-20-6-4-3-5-7-20/h8-11,20H,2-7,12-17H2,1H3,(H,22,25). The highest BCUT2D eigenvalue weighted by Crippen LogP contribution is 2.20. The van der Waals surface area contributed by atoms with E-state index in [1.165, 1.54) is 24.8 Å². The van der Waals surface area contributed by atoms with E-state index in [0.717, 1.165) is 57.8 Å². The molecule has 0 bridgehead atoms. The molecule has 0 aromatic heterocycles. The Labute approximate surface area is 157 Å². The van der Waals surface area contributed by atoms with Gasteiger partial charge in [0.2, 0.25) is 5.91 Å². The molecule has 1 saturated carbocycles. The molecule has 0 spiro atoms. The number of likely N-dealkylation sites (N-methyl/N-ethyl adjacent to an activating group) is 1. The number of rotatable bonds is 7. The van der Waals surface area contributed by atoms with E-state index in [9.17, 15) is 4.79 Å². The van der Waals surface area contributed by atoms with Crippen LogP contribution in [0.5, 0.6) is 0 Å². The van der Waals surface area contributed by atoms with Crippen LogP contribution in [0.2, 0.25) is 0 Å². The highest BCUT2D eigenvalue weighted by atomic mass is 16.5. The van der Waals surface area contributed by atoms with Crippen molar-refractivity contribution < 1.29 is 9.53 Å². The molecule has 144 valence electrons. The smallest absolute Gasteiger partial charge is 0.250 e. The molecule has 0 unspecified atom stereocenters. The predicted molar refractivity (Wildman–Crippen MR) is 105 cm³/mol. The van der Waals surface area contributed by atoms with Crippen molar-refractivity contribution in [1.82, 2.24) is 9.80 Å². The third-order valence-corrected chi connectivity index (χ3v) is 5.56.